The lowest BCUT2D eigenvalue weighted by atomic mass is 10.2. The van der Waals surface area contributed by atoms with E-state index in [4.69, 9.17) is 3.63 Å². The SMILES string of the molecule is O=C(CCCCCBr)SOSC(=O)CCCCCBr. The topological polar surface area (TPSA) is 43.4 Å². The van der Waals surface area contributed by atoms with E-state index in [1.807, 2.05) is 0 Å². The monoisotopic (exact) mass is 434 g/mol. The number of hydrogen-bond acceptors (Lipinski definition) is 5. The number of rotatable bonds is 12. The molecule has 0 aromatic heterocycles. The number of halogens is 2. The molecule has 0 amide bonds. The zero-order valence-corrected chi connectivity index (χ0v) is 15.7. The van der Waals surface area contributed by atoms with Gasteiger partial charge >= 0.3 is 0 Å². The van der Waals surface area contributed by atoms with Crippen LogP contribution < -0.4 is 0 Å². The van der Waals surface area contributed by atoms with Crippen LogP contribution in [0.25, 0.3) is 0 Å². The quantitative estimate of drug-likeness (QED) is 0.237. The molecule has 0 bridgehead atoms. The molecule has 0 fully saturated rings. The molecule has 0 saturated carbocycles. The molecule has 0 rings (SSSR count). The van der Waals surface area contributed by atoms with Gasteiger partial charge in [-0.3, -0.25) is 9.59 Å². The van der Waals surface area contributed by atoms with Gasteiger partial charge in [-0.1, -0.05) is 44.7 Å². The minimum absolute atomic E-state index is 0.00541. The second kappa shape index (κ2) is 15.4. The molecule has 3 nitrogen and oxygen atoms in total. The Morgan fingerprint density at radius 2 is 1.16 bits per heavy atom. The Labute approximate surface area is 141 Å². The summed E-state index contributed by atoms with van der Waals surface area (Å²) < 4.78 is 4.99. The molecule has 0 aromatic rings. The Hall–Kier alpha value is 0.960. The Morgan fingerprint density at radius 1 is 0.737 bits per heavy atom. The lowest BCUT2D eigenvalue weighted by Crippen LogP contribution is -1.95. The molecule has 0 aliphatic carbocycles. The summed E-state index contributed by atoms with van der Waals surface area (Å²) >= 11 is 8.27. The fourth-order valence-corrected chi connectivity index (χ4v) is 3.25. The standard InChI is InChI=1S/C12H20Br2O3S2/c13-9-5-1-3-7-11(15)18-17-19-12(16)8-4-2-6-10-14/h1-10H2. The number of unbranched alkanes of at least 4 members (excludes halogenated alkanes) is 4. The summed E-state index contributed by atoms with van der Waals surface area (Å²) in [7, 11) is 0. The molecule has 0 aliphatic rings. The van der Waals surface area contributed by atoms with Crippen molar-refractivity contribution in [2.75, 3.05) is 10.7 Å². The van der Waals surface area contributed by atoms with Crippen molar-refractivity contribution >= 4 is 66.2 Å². The van der Waals surface area contributed by atoms with E-state index in [1.165, 1.54) is 0 Å². The molecular weight excluding hydrogens is 416 g/mol. The smallest absolute Gasteiger partial charge is 0.216 e. The summed E-state index contributed by atoms with van der Waals surface area (Å²) in [5.74, 6) is 0. The predicted octanol–water partition coefficient (Wildman–Crippen LogP) is 5.26. The Morgan fingerprint density at radius 3 is 1.53 bits per heavy atom. The maximum absolute atomic E-state index is 11.4. The van der Waals surface area contributed by atoms with E-state index < -0.39 is 0 Å². The predicted molar refractivity (Wildman–Crippen MR) is 90.8 cm³/mol. The Kier molecular flexibility index (Phi) is 16.1. The van der Waals surface area contributed by atoms with Crippen molar-refractivity contribution in [3.63, 3.8) is 0 Å². The molecule has 0 saturated heterocycles. The first-order chi connectivity index (χ1) is 9.20. The van der Waals surface area contributed by atoms with Crippen molar-refractivity contribution in [3.05, 3.63) is 0 Å². The van der Waals surface area contributed by atoms with E-state index in [1.54, 1.807) is 0 Å². The van der Waals surface area contributed by atoms with Gasteiger partial charge in [0.25, 0.3) is 0 Å². The average molecular weight is 436 g/mol. The van der Waals surface area contributed by atoms with E-state index in [2.05, 4.69) is 31.9 Å². The van der Waals surface area contributed by atoms with Gasteiger partial charge in [0.1, 0.15) is 0 Å². The van der Waals surface area contributed by atoms with Crippen molar-refractivity contribution in [3.8, 4) is 0 Å². The van der Waals surface area contributed by atoms with Gasteiger partial charge in [-0.15, -0.1) is 0 Å². The van der Waals surface area contributed by atoms with Gasteiger partial charge in [0, 0.05) is 23.5 Å². The normalized spacial score (nSPS) is 10.6. The van der Waals surface area contributed by atoms with Crippen LogP contribution in [0, 0.1) is 0 Å². The lowest BCUT2D eigenvalue weighted by Gasteiger charge is -2.00. The summed E-state index contributed by atoms with van der Waals surface area (Å²) in [5.41, 5.74) is 0. The molecule has 0 aromatic carbocycles. The van der Waals surface area contributed by atoms with Crippen LogP contribution >= 0.6 is 55.9 Å². The van der Waals surface area contributed by atoms with E-state index in [0.717, 1.165) is 73.3 Å². The van der Waals surface area contributed by atoms with E-state index in [9.17, 15) is 9.59 Å². The minimum Gasteiger partial charge on any atom is -0.285 e. The van der Waals surface area contributed by atoms with Gasteiger partial charge in [0.05, 0.1) is 24.1 Å². The first-order valence-corrected chi connectivity index (χ1v) is 10.1. The van der Waals surface area contributed by atoms with Gasteiger partial charge < -0.3 is 0 Å². The van der Waals surface area contributed by atoms with Gasteiger partial charge in [0.15, 0.2) is 0 Å². The summed E-state index contributed by atoms with van der Waals surface area (Å²) in [4.78, 5) is 22.8. The van der Waals surface area contributed by atoms with Crippen LogP contribution in [0.15, 0.2) is 0 Å². The molecule has 0 heterocycles. The second-order valence-electron chi connectivity index (χ2n) is 3.98. The molecule has 0 spiro atoms. The van der Waals surface area contributed by atoms with E-state index in [0.29, 0.717) is 12.8 Å². The number of carbonyl (C=O) groups is 2. The molecule has 0 aliphatic heterocycles. The Bertz CT molecular complexity index is 229. The van der Waals surface area contributed by atoms with Crippen molar-refractivity contribution in [1.29, 1.82) is 0 Å². The number of hydrogen-bond donors (Lipinski definition) is 0. The van der Waals surface area contributed by atoms with Crippen molar-refractivity contribution in [2.45, 2.75) is 51.4 Å². The molecule has 0 N–H and O–H groups in total. The van der Waals surface area contributed by atoms with Gasteiger partial charge in [-0.2, -0.15) is 0 Å². The van der Waals surface area contributed by atoms with E-state index >= 15 is 0 Å². The maximum atomic E-state index is 11.4. The molecular formula is C12H20Br2O3S2. The zero-order valence-electron chi connectivity index (χ0n) is 10.9. The highest BCUT2D eigenvalue weighted by Crippen LogP contribution is 2.21. The Balaban J connectivity index is 3.35. The van der Waals surface area contributed by atoms with Crippen LogP contribution in [0.4, 0.5) is 0 Å². The molecule has 0 atom stereocenters. The molecule has 0 unspecified atom stereocenters. The fourth-order valence-electron chi connectivity index (χ4n) is 1.26. The first kappa shape index (κ1) is 20.0. The third-order valence-corrected chi connectivity index (χ3v) is 4.73. The van der Waals surface area contributed by atoms with Crippen LogP contribution in [-0.4, -0.2) is 20.9 Å². The summed E-state index contributed by atoms with van der Waals surface area (Å²) in [6.07, 6.45) is 7.03. The van der Waals surface area contributed by atoms with Crippen molar-refractivity contribution < 1.29 is 13.2 Å². The molecule has 7 heteroatoms. The van der Waals surface area contributed by atoms with Crippen LogP contribution in [-0.2, 0) is 13.2 Å². The summed E-state index contributed by atoms with van der Waals surface area (Å²) in [6, 6.07) is 0. The van der Waals surface area contributed by atoms with Gasteiger partial charge in [-0.25, -0.2) is 3.63 Å². The third-order valence-electron chi connectivity index (χ3n) is 2.28. The fraction of sp³-hybridized carbons (Fsp3) is 0.833. The van der Waals surface area contributed by atoms with Crippen LogP contribution in [0.1, 0.15) is 51.4 Å². The zero-order chi connectivity index (χ0) is 14.3. The minimum atomic E-state index is -0.00541. The van der Waals surface area contributed by atoms with Crippen molar-refractivity contribution in [1.82, 2.24) is 0 Å². The number of alkyl halides is 2. The van der Waals surface area contributed by atoms with Crippen LogP contribution in [0.5, 0.6) is 0 Å². The maximum Gasteiger partial charge on any atom is 0.216 e. The third kappa shape index (κ3) is 15.2. The van der Waals surface area contributed by atoms with Crippen LogP contribution in [0.2, 0.25) is 0 Å². The lowest BCUT2D eigenvalue weighted by molar-refractivity contribution is -0.111. The van der Waals surface area contributed by atoms with Crippen LogP contribution in [0.3, 0.4) is 0 Å². The highest BCUT2D eigenvalue weighted by molar-refractivity contribution is 9.09. The molecule has 0 radical (unpaired) electrons. The first-order valence-electron chi connectivity index (χ1n) is 6.39. The highest BCUT2D eigenvalue weighted by Gasteiger charge is 2.08. The molecule has 19 heavy (non-hydrogen) atoms. The number of carbonyl (C=O) groups excluding carboxylic acids is 2. The summed E-state index contributed by atoms with van der Waals surface area (Å²) in [6.45, 7) is 0. The van der Waals surface area contributed by atoms with Gasteiger partial charge in [0.2, 0.25) is 10.2 Å². The van der Waals surface area contributed by atoms with Crippen molar-refractivity contribution in [2.24, 2.45) is 0 Å². The summed E-state index contributed by atoms with van der Waals surface area (Å²) in [5, 5.41) is 1.94. The van der Waals surface area contributed by atoms with E-state index in [-0.39, 0.29) is 10.2 Å². The van der Waals surface area contributed by atoms with Gasteiger partial charge in [-0.05, 0) is 25.7 Å². The largest absolute Gasteiger partial charge is 0.285 e. The highest BCUT2D eigenvalue weighted by atomic mass is 79.9. The molecule has 112 valence electrons. The second-order valence-corrected chi connectivity index (χ2v) is 7.35. The average Bonchev–Trinajstić information content (AvgIpc) is 2.40.